The lowest BCUT2D eigenvalue weighted by atomic mass is 9.79. The highest BCUT2D eigenvalue weighted by atomic mass is 16.6. The summed E-state index contributed by atoms with van der Waals surface area (Å²) in [6.07, 6.45) is 7.37. The third kappa shape index (κ3) is 6.60. The first-order valence-corrected chi connectivity index (χ1v) is 15.9. The Kier molecular flexibility index (Phi) is 8.63. The van der Waals surface area contributed by atoms with E-state index in [9.17, 15) is 9.59 Å². The summed E-state index contributed by atoms with van der Waals surface area (Å²) < 4.78 is 13.3. The molecule has 2 aliphatic rings. The van der Waals surface area contributed by atoms with Gasteiger partial charge in [-0.25, -0.2) is 4.79 Å². The van der Waals surface area contributed by atoms with Gasteiger partial charge in [0.25, 0.3) is 0 Å². The Morgan fingerprint density at radius 3 is 2.59 bits per heavy atom. The van der Waals surface area contributed by atoms with Crippen LogP contribution in [0.25, 0.3) is 21.8 Å². The van der Waals surface area contributed by atoms with E-state index in [4.69, 9.17) is 14.5 Å². The predicted molar refractivity (Wildman–Crippen MR) is 172 cm³/mol. The maximum Gasteiger partial charge on any atom is 0.410 e. The first-order chi connectivity index (χ1) is 21.2. The summed E-state index contributed by atoms with van der Waals surface area (Å²) in [4.78, 5) is 36.5. The Balaban J connectivity index is 1.32. The molecule has 2 aromatic carbocycles. The minimum Gasteiger partial charge on any atom is -0.444 e. The second-order valence-corrected chi connectivity index (χ2v) is 13.3. The number of nitrogens with zero attached hydrogens (tertiary/aromatic N) is 4. The van der Waals surface area contributed by atoms with Crippen LogP contribution in [0.3, 0.4) is 0 Å². The Morgan fingerprint density at radius 2 is 1.82 bits per heavy atom. The molecular formula is C36H44N4O4. The molecule has 0 unspecified atom stereocenters. The molecule has 3 heterocycles. The quantitative estimate of drug-likeness (QED) is 0.200. The van der Waals surface area contributed by atoms with Crippen LogP contribution in [0.2, 0.25) is 0 Å². The standard InChI is InChI=1S/C36H44N4O4/c1-36(2,3)44-35(42)39-18-16-29(26-20-25-10-5-7-12-32(25)37-21-26)31(24-39)34(41)40(28-14-15-28)23-27-22-38(17-9-19-43-4)33-13-8-6-11-30(27)33/h5-8,10-13,20-22,28-29,31H,9,14-19,23-24H2,1-4H3/t29-,31+/m1/s1. The number of likely N-dealkylation sites (tertiary alicyclic amines) is 1. The van der Waals surface area contributed by atoms with Crippen molar-refractivity contribution in [3.8, 4) is 0 Å². The van der Waals surface area contributed by atoms with Crippen molar-refractivity contribution in [3.05, 3.63) is 78.1 Å². The number of amides is 2. The van der Waals surface area contributed by atoms with Crippen molar-refractivity contribution in [2.75, 3.05) is 26.8 Å². The van der Waals surface area contributed by atoms with Crippen molar-refractivity contribution < 1.29 is 19.1 Å². The maximum atomic E-state index is 14.7. The highest BCUT2D eigenvalue weighted by Gasteiger charge is 2.43. The van der Waals surface area contributed by atoms with Crippen molar-refractivity contribution in [3.63, 3.8) is 0 Å². The molecule has 0 spiro atoms. The number of ether oxygens (including phenoxy) is 2. The molecule has 0 bridgehead atoms. The molecule has 0 radical (unpaired) electrons. The molecule has 1 aliphatic carbocycles. The van der Waals surface area contributed by atoms with Gasteiger partial charge in [-0.05, 0) is 75.8 Å². The molecule has 2 atom stereocenters. The zero-order valence-corrected chi connectivity index (χ0v) is 26.4. The SMILES string of the molecule is COCCCn1cc(CN(C(=O)[C@H]2CN(C(=O)OC(C)(C)C)CC[C@@H]2c2cnc3ccccc3c2)C2CC2)c2ccccc21. The fraction of sp³-hybridized carbons (Fsp3) is 0.472. The lowest BCUT2D eigenvalue weighted by molar-refractivity contribution is -0.139. The van der Waals surface area contributed by atoms with Crippen LogP contribution < -0.4 is 0 Å². The van der Waals surface area contributed by atoms with Gasteiger partial charge in [0.15, 0.2) is 0 Å². The fourth-order valence-electron chi connectivity index (χ4n) is 6.57. The molecule has 1 saturated heterocycles. The highest BCUT2D eigenvalue weighted by Crippen LogP contribution is 2.39. The smallest absolute Gasteiger partial charge is 0.410 e. The molecule has 2 fully saturated rings. The van der Waals surface area contributed by atoms with Crippen LogP contribution in [0.4, 0.5) is 4.79 Å². The molecule has 44 heavy (non-hydrogen) atoms. The van der Waals surface area contributed by atoms with E-state index in [-0.39, 0.29) is 24.0 Å². The molecular weight excluding hydrogens is 552 g/mol. The van der Waals surface area contributed by atoms with Crippen LogP contribution in [0, 0.1) is 5.92 Å². The lowest BCUT2D eigenvalue weighted by Crippen LogP contribution is -2.51. The molecule has 2 amide bonds. The number of hydrogen-bond donors (Lipinski definition) is 0. The van der Waals surface area contributed by atoms with Crippen LogP contribution in [-0.2, 0) is 27.4 Å². The minimum atomic E-state index is -0.604. The summed E-state index contributed by atoms with van der Waals surface area (Å²) in [6.45, 7) is 8.60. The van der Waals surface area contributed by atoms with E-state index in [2.05, 4.69) is 52.1 Å². The van der Waals surface area contributed by atoms with Crippen LogP contribution >= 0.6 is 0 Å². The molecule has 2 aromatic heterocycles. The number of fused-ring (bicyclic) bond motifs is 2. The summed E-state index contributed by atoms with van der Waals surface area (Å²) in [7, 11) is 1.73. The van der Waals surface area contributed by atoms with Gasteiger partial charge in [-0.15, -0.1) is 0 Å². The first kappa shape index (κ1) is 30.1. The summed E-state index contributed by atoms with van der Waals surface area (Å²) in [6, 6.07) is 18.9. The van der Waals surface area contributed by atoms with E-state index >= 15 is 0 Å². The molecule has 8 heteroatoms. The lowest BCUT2D eigenvalue weighted by Gasteiger charge is -2.40. The van der Waals surface area contributed by atoms with Gasteiger partial charge in [0, 0.05) is 80.5 Å². The average molecular weight is 597 g/mol. The zero-order chi connectivity index (χ0) is 30.8. The molecule has 1 saturated carbocycles. The van der Waals surface area contributed by atoms with Crippen LogP contribution in [0.5, 0.6) is 0 Å². The van der Waals surface area contributed by atoms with Crippen molar-refractivity contribution in [1.82, 2.24) is 19.4 Å². The topological polar surface area (TPSA) is 76.9 Å². The molecule has 0 N–H and O–H groups in total. The van der Waals surface area contributed by atoms with Crippen LogP contribution in [0.15, 0.2) is 67.0 Å². The second kappa shape index (κ2) is 12.6. The fourth-order valence-corrected chi connectivity index (χ4v) is 6.57. The monoisotopic (exact) mass is 596 g/mol. The number of methoxy groups -OCH3 is 1. The summed E-state index contributed by atoms with van der Waals surface area (Å²) in [5, 5.41) is 2.24. The number of rotatable bonds is 9. The molecule has 4 aromatic rings. The van der Waals surface area contributed by atoms with Gasteiger partial charge in [-0.3, -0.25) is 9.78 Å². The Morgan fingerprint density at radius 1 is 1.05 bits per heavy atom. The number of carbonyl (C=O) groups is 2. The van der Waals surface area contributed by atoms with Crippen molar-refractivity contribution in [2.45, 2.75) is 77.1 Å². The summed E-state index contributed by atoms with van der Waals surface area (Å²) in [5.41, 5.74) is 3.72. The highest BCUT2D eigenvalue weighted by molar-refractivity contribution is 5.86. The minimum absolute atomic E-state index is 0.0464. The van der Waals surface area contributed by atoms with Gasteiger partial charge in [-0.1, -0.05) is 36.4 Å². The number of aryl methyl sites for hydroxylation is 1. The maximum absolute atomic E-state index is 14.7. The van der Waals surface area contributed by atoms with Gasteiger partial charge in [0.1, 0.15) is 5.60 Å². The third-order valence-electron chi connectivity index (χ3n) is 8.85. The van der Waals surface area contributed by atoms with Gasteiger partial charge in [0.05, 0.1) is 11.4 Å². The Hall–Kier alpha value is -3.91. The third-order valence-corrected chi connectivity index (χ3v) is 8.85. The number of pyridine rings is 1. The molecule has 8 nitrogen and oxygen atoms in total. The van der Waals surface area contributed by atoms with Crippen molar-refractivity contribution in [2.24, 2.45) is 5.92 Å². The Labute approximate surface area is 259 Å². The number of aromatic nitrogens is 2. The van der Waals surface area contributed by atoms with Crippen LogP contribution in [-0.4, -0.2) is 69.8 Å². The number of hydrogen-bond acceptors (Lipinski definition) is 5. The van der Waals surface area contributed by atoms with E-state index in [1.165, 1.54) is 10.9 Å². The molecule has 1 aliphatic heterocycles. The Bertz CT molecular complexity index is 1640. The van der Waals surface area contributed by atoms with E-state index in [0.717, 1.165) is 47.8 Å². The number of piperidine rings is 1. The van der Waals surface area contributed by atoms with E-state index in [1.54, 1.807) is 12.0 Å². The van der Waals surface area contributed by atoms with Gasteiger partial charge in [-0.2, -0.15) is 0 Å². The average Bonchev–Trinajstić information content (AvgIpc) is 3.80. The van der Waals surface area contributed by atoms with Crippen LogP contribution in [0.1, 0.15) is 63.5 Å². The van der Waals surface area contributed by atoms with Crippen molar-refractivity contribution in [1.29, 1.82) is 0 Å². The largest absolute Gasteiger partial charge is 0.444 e. The van der Waals surface area contributed by atoms with Gasteiger partial charge in [0.2, 0.25) is 5.91 Å². The number of para-hydroxylation sites is 2. The molecule has 6 rings (SSSR count). The van der Waals surface area contributed by atoms with Gasteiger partial charge < -0.3 is 23.8 Å². The predicted octanol–water partition coefficient (Wildman–Crippen LogP) is 6.76. The number of benzene rings is 2. The van der Waals surface area contributed by atoms with E-state index in [1.807, 2.05) is 45.2 Å². The van der Waals surface area contributed by atoms with E-state index < -0.39 is 11.5 Å². The number of carbonyl (C=O) groups excluding carboxylic acids is 2. The van der Waals surface area contributed by atoms with Gasteiger partial charge >= 0.3 is 6.09 Å². The zero-order valence-electron chi connectivity index (χ0n) is 26.4. The molecule has 232 valence electrons. The summed E-state index contributed by atoms with van der Waals surface area (Å²) >= 11 is 0. The van der Waals surface area contributed by atoms with Crippen molar-refractivity contribution >= 4 is 33.8 Å². The summed E-state index contributed by atoms with van der Waals surface area (Å²) in [5.74, 6) is -0.333. The first-order valence-electron chi connectivity index (χ1n) is 15.9. The second-order valence-electron chi connectivity index (χ2n) is 13.3. The van der Waals surface area contributed by atoms with E-state index in [0.29, 0.717) is 32.7 Å². The normalized spacial score (nSPS) is 19.0.